The number of aliphatic hydroxyl groups excluding tert-OH is 1. The molecule has 1 aromatic heterocycles. The van der Waals surface area contributed by atoms with Crippen LogP contribution in [0.3, 0.4) is 0 Å². The molecule has 2 aromatic rings. The number of hydrogen-bond acceptors (Lipinski definition) is 5. The molecule has 1 N–H and O–H groups in total. The molecule has 0 saturated heterocycles. The molecule has 19 heavy (non-hydrogen) atoms. The van der Waals surface area contributed by atoms with Crippen LogP contribution in [-0.4, -0.2) is 19.8 Å². The number of benzene rings is 1. The van der Waals surface area contributed by atoms with E-state index >= 15 is 0 Å². The monoisotopic (exact) mass is 263 g/mol. The summed E-state index contributed by atoms with van der Waals surface area (Å²) in [5, 5.41) is 24.0. The van der Waals surface area contributed by atoms with Crippen LogP contribution in [-0.2, 0) is 20.3 Å². The molecule has 1 aromatic carbocycles. The minimum atomic E-state index is -0.535. The summed E-state index contributed by atoms with van der Waals surface area (Å²) < 4.78 is 7.03. The van der Waals surface area contributed by atoms with Gasteiger partial charge in [-0.25, -0.2) is 0 Å². The first-order valence-electron chi connectivity index (χ1n) is 5.59. The Morgan fingerprint density at radius 3 is 2.84 bits per heavy atom. The fraction of sp³-hybridized carbons (Fsp3) is 0.250. The molecule has 0 aliphatic carbocycles. The van der Waals surface area contributed by atoms with Crippen LogP contribution in [0.4, 0.5) is 5.69 Å². The second-order valence-electron chi connectivity index (χ2n) is 3.99. The predicted octanol–water partition coefficient (Wildman–Crippen LogP) is 1.40. The van der Waals surface area contributed by atoms with E-state index < -0.39 is 4.92 Å². The zero-order valence-electron chi connectivity index (χ0n) is 10.3. The van der Waals surface area contributed by atoms with Crippen LogP contribution in [0, 0.1) is 10.1 Å². The molecule has 0 aliphatic rings. The molecule has 7 nitrogen and oxygen atoms in total. The van der Waals surface area contributed by atoms with E-state index in [9.17, 15) is 10.1 Å². The van der Waals surface area contributed by atoms with Crippen molar-refractivity contribution in [2.45, 2.75) is 13.2 Å². The Hall–Kier alpha value is -2.41. The molecule has 0 amide bonds. The first-order valence-corrected chi connectivity index (χ1v) is 5.59. The maximum absolute atomic E-state index is 10.9. The first kappa shape index (κ1) is 13.0. The van der Waals surface area contributed by atoms with Gasteiger partial charge in [-0.2, -0.15) is 5.10 Å². The lowest BCUT2D eigenvalue weighted by molar-refractivity contribution is -0.386. The van der Waals surface area contributed by atoms with Gasteiger partial charge in [-0.1, -0.05) is 6.07 Å². The molecule has 7 heteroatoms. The van der Waals surface area contributed by atoms with Gasteiger partial charge in [0.2, 0.25) is 0 Å². The van der Waals surface area contributed by atoms with E-state index in [0.717, 1.165) is 0 Å². The van der Waals surface area contributed by atoms with Crippen molar-refractivity contribution >= 4 is 5.69 Å². The normalized spacial score (nSPS) is 10.4. The van der Waals surface area contributed by atoms with Gasteiger partial charge in [0.15, 0.2) is 5.75 Å². The van der Waals surface area contributed by atoms with Crippen LogP contribution in [0.25, 0.3) is 0 Å². The van der Waals surface area contributed by atoms with Crippen molar-refractivity contribution in [2.24, 2.45) is 7.05 Å². The van der Waals surface area contributed by atoms with Crippen LogP contribution in [0.1, 0.15) is 11.3 Å². The molecule has 0 radical (unpaired) electrons. The quantitative estimate of drug-likeness (QED) is 0.650. The molecular formula is C12H13N3O4. The van der Waals surface area contributed by atoms with Gasteiger partial charge in [0.1, 0.15) is 6.61 Å². The van der Waals surface area contributed by atoms with Crippen molar-refractivity contribution in [3.05, 3.63) is 51.8 Å². The van der Waals surface area contributed by atoms with Gasteiger partial charge in [-0.15, -0.1) is 0 Å². The largest absolute Gasteiger partial charge is 0.480 e. The number of nitrogens with zero attached hydrogens (tertiary/aromatic N) is 3. The number of ether oxygens (including phenoxy) is 1. The molecular weight excluding hydrogens is 250 g/mol. The van der Waals surface area contributed by atoms with Crippen LogP contribution in [0.2, 0.25) is 0 Å². The highest BCUT2D eigenvalue weighted by atomic mass is 16.6. The Kier molecular flexibility index (Phi) is 3.76. The van der Waals surface area contributed by atoms with Gasteiger partial charge in [0, 0.05) is 19.3 Å². The lowest BCUT2D eigenvalue weighted by atomic mass is 10.2. The molecule has 1 heterocycles. The number of nitro benzene ring substituents is 1. The number of aromatic nitrogens is 2. The third kappa shape index (κ3) is 3.08. The highest BCUT2D eigenvalue weighted by Crippen LogP contribution is 2.28. The van der Waals surface area contributed by atoms with Gasteiger partial charge in [0.05, 0.1) is 17.2 Å². The summed E-state index contributed by atoms with van der Waals surface area (Å²) >= 11 is 0. The van der Waals surface area contributed by atoms with Crippen LogP contribution in [0.15, 0.2) is 30.5 Å². The third-order valence-electron chi connectivity index (χ3n) is 2.55. The van der Waals surface area contributed by atoms with Gasteiger partial charge < -0.3 is 9.84 Å². The summed E-state index contributed by atoms with van der Waals surface area (Å²) in [4.78, 5) is 10.4. The van der Waals surface area contributed by atoms with Gasteiger partial charge in [-0.3, -0.25) is 14.8 Å². The fourth-order valence-electron chi connectivity index (χ4n) is 1.62. The van der Waals surface area contributed by atoms with E-state index in [4.69, 9.17) is 9.84 Å². The Labute approximate surface area is 109 Å². The highest BCUT2D eigenvalue weighted by molar-refractivity contribution is 5.48. The van der Waals surface area contributed by atoms with Crippen molar-refractivity contribution in [3.63, 3.8) is 0 Å². The van der Waals surface area contributed by atoms with E-state index in [1.807, 2.05) is 0 Å². The van der Waals surface area contributed by atoms with Crippen LogP contribution >= 0.6 is 0 Å². The number of hydrogen-bond donors (Lipinski definition) is 1. The Bertz CT molecular complexity index is 594. The second kappa shape index (κ2) is 5.49. The molecule has 0 atom stereocenters. The first-order chi connectivity index (χ1) is 9.10. The molecule has 0 spiro atoms. The van der Waals surface area contributed by atoms with Crippen molar-refractivity contribution in [1.29, 1.82) is 0 Å². The number of rotatable bonds is 5. The van der Waals surface area contributed by atoms with E-state index in [1.54, 1.807) is 30.1 Å². The lowest BCUT2D eigenvalue weighted by Gasteiger charge is -2.06. The van der Waals surface area contributed by atoms with Crippen LogP contribution in [0.5, 0.6) is 5.75 Å². The van der Waals surface area contributed by atoms with Crippen molar-refractivity contribution in [3.8, 4) is 5.75 Å². The summed E-state index contributed by atoms with van der Waals surface area (Å²) in [6, 6.07) is 6.13. The summed E-state index contributed by atoms with van der Waals surface area (Å²) in [5.74, 6) is 0.160. The smallest absolute Gasteiger partial charge is 0.311 e. The van der Waals surface area contributed by atoms with Crippen molar-refractivity contribution in [1.82, 2.24) is 9.78 Å². The zero-order chi connectivity index (χ0) is 13.8. The van der Waals surface area contributed by atoms with Gasteiger partial charge in [0.25, 0.3) is 0 Å². The van der Waals surface area contributed by atoms with E-state index in [1.165, 1.54) is 12.1 Å². The summed E-state index contributed by atoms with van der Waals surface area (Å²) in [6.45, 7) is -0.0957. The predicted molar refractivity (Wildman–Crippen MR) is 66.6 cm³/mol. The molecule has 100 valence electrons. The minimum Gasteiger partial charge on any atom is -0.480 e. The fourth-order valence-corrected chi connectivity index (χ4v) is 1.62. The summed E-state index contributed by atoms with van der Waals surface area (Å²) in [7, 11) is 1.78. The number of nitro groups is 1. The molecule has 0 unspecified atom stereocenters. The standard InChI is InChI=1S/C12H13N3O4/c1-14-5-4-10(13-14)8-19-12-3-2-9(7-16)6-11(12)15(17)18/h2-6,16H,7-8H2,1H3. The number of aryl methyl sites for hydroxylation is 1. The number of aliphatic hydroxyl groups is 1. The van der Waals surface area contributed by atoms with E-state index in [2.05, 4.69) is 5.10 Å². The zero-order valence-corrected chi connectivity index (χ0v) is 10.3. The van der Waals surface area contributed by atoms with E-state index in [0.29, 0.717) is 11.3 Å². The van der Waals surface area contributed by atoms with Crippen LogP contribution < -0.4 is 4.74 Å². The Morgan fingerprint density at radius 1 is 1.47 bits per heavy atom. The molecule has 0 fully saturated rings. The maximum atomic E-state index is 10.9. The average molecular weight is 263 g/mol. The average Bonchev–Trinajstić information content (AvgIpc) is 2.82. The van der Waals surface area contributed by atoms with Gasteiger partial charge >= 0.3 is 5.69 Å². The SMILES string of the molecule is Cn1ccc(COc2ccc(CO)cc2[N+](=O)[O-])n1. The van der Waals surface area contributed by atoms with Gasteiger partial charge in [-0.05, 0) is 17.7 Å². The molecule has 0 bridgehead atoms. The van der Waals surface area contributed by atoms with E-state index in [-0.39, 0.29) is 24.7 Å². The summed E-state index contributed by atoms with van der Waals surface area (Å²) in [5.41, 5.74) is 0.988. The molecule has 0 saturated carbocycles. The minimum absolute atomic E-state index is 0.153. The molecule has 2 rings (SSSR count). The second-order valence-corrected chi connectivity index (χ2v) is 3.99. The summed E-state index contributed by atoms with van der Waals surface area (Å²) in [6.07, 6.45) is 1.77. The third-order valence-corrected chi connectivity index (χ3v) is 2.55. The highest BCUT2D eigenvalue weighted by Gasteiger charge is 2.16. The Balaban J connectivity index is 2.17. The van der Waals surface area contributed by atoms with Crippen molar-refractivity contribution in [2.75, 3.05) is 0 Å². The molecule has 0 aliphatic heterocycles. The maximum Gasteiger partial charge on any atom is 0.311 e. The Morgan fingerprint density at radius 2 is 2.26 bits per heavy atom. The lowest BCUT2D eigenvalue weighted by Crippen LogP contribution is -2.01. The topological polar surface area (TPSA) is 90.4 Å². The van der Waals surface area contributed by atoms with Crippen molar-refractivity contribution < 1.29 is 14.8 Å².